The zero-order valence-electron chi connectivity index (χ0n) is 9.61. The lowest BCUT2D eigenvalue weighted by Crippen LogP contribution is -2.05. The predicted octanol–water partition coefficient (Wildman–Crippen LogP) is 3.08. The largest absolute Gasteiger partial charge is 0.396 e. The van der Waals surface area contributed by atoms with Gasteiger partial charge in [0.2, 0.25) is 0 Å². The summed E-state index contributed by atoms with van der Waals surface area (Å²) in [5, 5.41) is 9.68. The van der Waals surface area contributed by atoms with Crippen molar-refractivity contribution in [1.82, 2.24) is 0 Å². The predicted molar refractivity (Wildman–Crippen MR) is 71.0 cm³/mol. The van der Waals surface area contributed by atoms with Gasteiger partial charge in [0.1, 0.15) is 0 Å². The Bertz CT molecular complexity index is 344. The van der Waals surface area contributed by atoms with Crippen LogP contribution < -0.4 is 5.73 Å². The lowest BCUT2D eigenvalue weighted by Gasteiger charge is -2.11. The van der Waals surface area contributed by atoms with E-state index in [0.29, 0.717) is 0 Å². The number of benzene rings is 1. The van der Waals surface area contributed by atoms with E-state index >= 15 is 0 Å². The van der Waals surface area contributed by atoms with Crippen molar-refractivity contribution in [3.63, 3.8) is 0 Å². The Kier molecular flexibility index (Phi) is 5.62. The maximum absolute atomic E-state index is 8.94. The highest BCUT2D eigenvalue weighted by Crippen LogP contribution is 2.30. The number of thioether (sulfide) groups is 1. The minimum Gasteiger partial charge on any atom is -0.396 e. The number of aliphatic hydroxyl groups is 1. The fourth-order valence-electron chi connectivity index (χ4n) is 1.20. The normalized spacial score (nSPS) is 14.8. The number of rotatable bonds is 5. The summed E-state index contributed by atoms with van der Waals surface area (Å²) < 4.78 is 0. The second kappa shape index (κ2) is 6.50. The average molecular weight is 260 g/mol. The van der Waals surface area contributed by atoms with E-state index in [4.69, 9.17) is 22.4 Å². The highest BCUT2D eigenvalue weighted by Gasteiger charge is 2.07. The van der Waals surface area contributed by atoms with Gasteiger partial charge in [-0.1, -0.05) is 24.6 Å². The first-order valence-electron chi connectivity index (χ1n) is 5.33. The number of halogens is 1. The second-order valence-corrected chi connectivity index (χ2v) is 5.55. The van der Waals surface area contributed by atoms with Gasteiger partial charge in [0.05, 0.1) is 5.02 Å². The van der Waals surface area contributed by atoms with E-state index in [1.165, 1.54) is 0 Å². The van der Waals surface area contributed by atoms with Gasteiger partial charge >= 0.3 is 0 Å². The molecule has 0 saturated heterocycles. The molecule has 0 aliphatic rings. The Balaban J connectivity index is 2.68. The standard InChI is InChI=1S/C12H18ClNOS/c1-8(6-15)7-16-12-4-3-10(9(2)14)5-11(12)13/h3-5,8-9,15H,6-7,14H2,1-2H3. The molecule has 0 aromatic heterocycles. The third-order valence-corrected chi connectivity index (χ3v) is 4.14. The first-order chi connectivity index (χ1) is 7.54. The summed E-state index contributed by atoms with van der Waals surface area (Å²) in [5.74, 6) is 1.16. The van der Waals surface area contributed by atoms with Crippen LogP contribution in [0.15, 0.2) is 23.1 Å². The summed E-state index contributed by atoms with van der Waals surface area (Å²) in [4.78, 5) is 1.05. The molecule has 1 aromatic carbocycles. The van der Waals surface area contributed by atoms with E-state index in [2.05, 4.69) is 0 Å². The number of aliphatic hydroxyl groups excluding tert-OH is 1. The fraction of sp³-hybridized carbons (Fsp3) is 0.500. The Morgan fingerprint density at radius 3 is 2.62 bits per heavy atom. The molecule has 0 fully saturated rings. The van der Waals surface area contributed by atoms with Crippen LogP contribution in [0.3, 0.4) is 0 Å². The van der Waals surface area contributed by atoms with Crippen LogP contribution in [0, 0.1) is 5.92 Å². The highest BCUT2D eigenvalue weighted by molar-refractivity contribution is 7.99. The molecule has 16 heavy (non-hydrogen) atoms. The zero-order valence-corrected chi connectivity index (χ0v) is 11.2. The van der Waals surface area contributed by atoms with Crippen LogP contribution in [-0.4, -0.2) is 17.5 Å². The molecule has 90 valence electrons. The smallest absolute Gasteiger partial charge is 0.0545 e. The van der Waals surface area contributed by atoms with Crippen LogP contribution >= 0.6 is 23.4 Å². The molecule has 0 radical (unpaired) electrons. The minimum atomic E-state index is 0.00733. The number of nitrogens with two attached hydrogens (primary N) is 1. The molecule has 0 amide bonds. The van der Waals surface area contributed by atoms with Crippen LogP contribution in [-0.2, 0) is 0 Å². The third-order valence-electron chi connectivity index (χ3n) is 2.32. The van der Waals surface area contributed by atoms with Crippen molar-refractivity contribution >= 4 is 23.4 Å². The summed E-state index contributed by atoms with van der Waals surface area (Å²) >= 11 is 7.83. The summed E-state index contributed by atoms with van der Waals surface area (Å²) in [6, 6.07) is 5.92. The van der Waals surface area contributed by atoms with E-state index in [-0.39, 0.29) is 18.6 Å². The topological polar surface area (TPSA) is 46.2 Å². The van der Waals surface area contributed by atoms with Crippen LogP contribution in [0.4, 0.5) is 0 Å². The molecular formula is C12H18ClNOS. The van der Waals surface area contributed by atoms with Gasteiger partial charge in [-0.05, 0) is 30.5 Å². The summed E-state index contributed by atoms with van der Waals surface area (Å²) in [6.45, 7) is 4.16. The molecule has 0 heterocycles. The van der Waals surface area contributed by atoms with Gasteiger partial charge in [-0.2, -0.15) is 0 Å². The Hall–Kier alpha value is -0.220. The SMILES string of the molecule is CC(CO)CSc1ccc(C(C)N)cc1Cl. The molecule has 0 aliphatic carbocycles. The first kappa shape index (κ1) is 13.8. The molecule has 2 nitrogen and oxygen atoms in total. The molecule has 0 saturated carbocycles. The second-order valence-electron chi connectivity index (χ2n) is 4.08. The van der Waals surface area contributed by atoms with Crippen molar-refractivity contribution in [2.24, 2.45) is 11.7 Å². The van der Waals surface area contributed by atoms with E-state index < -0.39 is 0 Å². The van der Waals surface area contributed by atoms with Crippen LogP contribution in [0.2, 0.25) is 5.02 Å². The van der Waals surface area contributed by atoms with Crippen molar-refractivity contribution in [2.75, 3.05) is 12.4 Å². The van der Waals surface area contributed by atoms with Gasteiger partial charge in [-0.3, -0.25) is 0 Å². The molecule has 0 aliphatic heterocycles. The molecule has 1 rings (SSSR count). The zero-order chi connectivity index (χ0) is 12.1. The Labute approximate surface area is 106 Å². The molecule has 1 aromatic rings. The van der Waals surface area contributed by atoms with E-state index in [0.717, 1.165) is 21.2 Å². The summed E-state index contributed by atoms with van der Waals surface area (Å²) in [6.07, 6.45) is 0. The summed E-state index contributed by atoms with van der Waals surface area (Å²) in [7, 11) is 0. The number of hydrogen-bond acceptors (Lipinski definition) is 3. The van der Waals surface area contributed by atoms with Crippen molar-refractivity contribution < 1.29 is 5.11 Å². The van der Waals surface area contributed by atoms with Gasteiger partial charge < -0.3 is 10.8 Å². The molecule has 3 N–H and O–H groups in total. The van der Waals surface area contributed by atoms with Crippen molar-refractivity contribution in [2.45, 2.75) is 24.8 Å². The van der Waals surface area contributed by atoms with E-state index in [9.17, 15) is 0 Å². The van der Waals surface area contributed by atoms with Gasteiger partial charge in [0, 0.05) is 23.3 Å². The molecular weight excluding hydrogens is 242 g/mol. The molecule has 0 bridgehead atoms. The van der Waals surface area contributed by atoms with Gasteiger partial charge in [-0.15, -0.1) is 11.8 Å². The molecule has 2 unspecified atom stereocenters. The fourth-order valence-corrected chi connectivity index (χ4v) is 2.49. The lowest BCUT2D eigenvalue weighted by molar-refractivity contribution is 0.250. The van der Waals surface area contributed by atoms with Gasteiger partial charge in [0.25, 0.3) is 0 Å². The average Bonchev–Trinajstić information content (AvgIpc) is 2.26. The Morgan fingerprint density at radius 1 is 1.44 bits per heavy atom. The third kappa shape index (κ3) is 3.98. The monoisotopic (exact) mass is 259 g/mol. The molecule has 4 heteroatoms. The molecule has 2 atom stereocenters. The van der Waals surface area contributed by atoms with E-state index in [1.807, 2.05) is 32.0 Å². The van der Waals surface area contributed by atoms with E-state index in [1.54, 1.807) is 11.8 Å². The van der Waals surface area contributed by atoms with Crippen LogP contribution in [0.1, 0.15) is 25.5 Å². The van der Waals surface area contributed by atoms with Crippen LogP contribution in [0.25, 0.3) is 0 Å². The van der Waals surface area contributed by atoms with Gasteiger partial charge in [0.15, 0.2) is 0 Å². The first-order valence-corrected chi connectivity index (χ1v) is 6.69. The van der Waals surface area contributed by atoms with Gasteiger partial charge in [-0.25, -0.2) is 0 Å². The maximum atomic E-state index is 8.94. The Morgan fingerprint density at radius 2 is 2.12 bits per heavy atom. The summed E-state index contributed by atoms with van der Waals surface area (Å²) in [5.41, 5.74) is 6.82. The van der Waals surface area contributed by atoms with Crippen LogP contribution in [0.5, 0.6) is 0 Å². The molecule has 0 spiro atoms. The minimum absolute atomic E-state index is 0.00733. The highest BCUT2D eigenvalue weighted by atomic mass is 35.5. The maximum Gasteiger partial charge on any atom is 0.0545 e. The lowest BCUT2D eigenvalue weighted by atomic mass is 10.1. The van der Waals surface area contributed by atoms with Crippen molar-refractivity contribution in [3.05, 3.63) is 28.8 Å². The van der Waals surface area contributed by atoms with Crippen molar-refractivity contribution in [3.8, 4) is 0 Å². The number of hydrogen-bond donors (Lipinski definition) is 2. The van der Waals surface area contributed by atoms with Crippen molar-refractivity contribution in [1.29, 1.82) is 0 Å². The quantitative estimate of drug-likeness (QED) is 0.799.